The maximum absolute atomic E-state index is 11.7. The predicted octanol–water partition coefficient (Wildman–Crippen LogP) is 1.56. The van der Waals surface area contributed by atoms with Crippen molar-refractivity contribution in [3.05, 3.63) is 24.5 Å². The zero-order valence-electron chi connectivity index (χ0n) is 10.8. The largest absolute Gasteiger partial charge is 0.479 e. The highest BCUT2D eigenvalue weighted by Crippen LogP contribution is 2.36. The van der Waals surface area contributed by atoms with Crippen LogP contribution >= 0.6 is 0 Å². The quantitative estimate of drug-likeness (QED) is 0.906. The molecule has 1 unspecified atom stereocenters. The van der Waals surface area contributed by atoms with E-state index in [4.69, 9.17) is 0 Å². The summed E-state index contributed by atoms with van der Waals surface area (Å²) in [6, 6.07) is 3.65. The van der Waals surface area contributed by atoms with E-state index in [1.54, 1.807) is 10.7 Å². The van der Waals surface area contributed by atoms with Crippen LogP contribution in [0.5, 0.6) is 0 Å². The molecule has 100 valence electrons. The van der Waals surface area contributed by atoms with Crippen molar-refractivity contribution >= 4 is 17.4 Å². The van der Waals surface area contributed by atoms with E-state index in [9.17, 15) is 9.90 Å². The molecule has 0 bridgehead atoms. The van der Waals surface area contributed by atoms with Gasteiger partial charge in [0, 0.05) is 18.8 Å². The van der Waals surface area contributed by atoms with Crippen LogP contribution in [0, 0.1) is 0 Å². The number of fused-ring (bicyclic) bond motifs is 1. The van der Waals surface area contributed by atoms with E-state index in [1.807, 2.05) is 30.2 Å². The number of aromatic nitrogens is 3. The van der Waals surface area contributed by atoms with Crippen LogP contribution in [0.25, 0.3) is 5.65 Å². The molecule has 0 amide bonds. The molecule has 2 aromatic heterocycles. The summed E-state index contributed by atoms with van der Waals surface area (Å²) < 4.78 is 1.67. The van der Waals surface area contributed by atoms with Crippen molar-refractivity contribution in [2.45, 2.75) is 31.7 Å². The van der Waals surface area contributed by atoms with Crippen molar-refractivity contribution in [1.29, 1.82) is 0 Å². The minimum absolute atomic E-state index is 0.578. The standard InChI is InChI=1S/C13H16N4O2/c1-2-13(12(18)19)6-3-8-16(13)10-5-9-17-11(15-10)4-7-14-17/h4-5,7,9H,2-3,6,8H2,1H3,(H,18,19). The van der Waals surface area contributed by atoms with Gasteiger partial charge in [-0.2, -0.15) is 5.10 Å². The molecular formula is C13H16N4O2. The summed E-state index contributed by atoms with van der Waals surface area (Å²) in [5, 5.41) is 13.7. The van der Waals surface area contributed by atoms with Crippen molar-refractivity contribution in [3.63, 3.8) is 0 Å². The Kier molecular flexibility index (Phi) is 2.66. The molecule has 6 heteroatoms. The summed E-state index contributed by atoms with van der Waals surface area (Å²) in [6.07, 6.45) is 5.63. The molecule has 1 atom stereocenters. The fourth-order valence-electron chi connectivity index (χ4n) is 2.91. The average Bonchev–Trinajstić information content (AvgIpc) is 3.04. The highest BCUT2D eigenvalue weighted by atomic mass is 16.4. The number of carbonyl (C=O) groups is 1. The van der Waals surface area contributed by atoms with Gasteiger partial charge in [0.15, 0.2) is 5.65 Å². The van der Waals surface area contributed by atoms with Gasteiger partial charge in [-0.1, -0.05) is 6.92 Å². The van der Waals surface area contributed by atoms with Gasteiger partial charge in [0.2, 0.25) is 0 Å². The fourth-order valence-corrected chi connectivity index (χ4v) is 2.91. The molecule has 1 saturated heterocycles. The molecule has 0 aliphatic carbocycles. The molecule has 0 spiro atoms. The van der Waals surface area contributed by atoms with Crippen molar-refractivity contribution in [2.24, 2.45) is 0 Å². The molecule has 0 saturated carbocycles. The Morgan fingerprint density at radius 1 is 1.53 bits per heavy atom. The molecular weight excluding hydrogens is 244 g/mol. The third-order valence-corrected chi connectivity index (χ3v) is 3.99. The Labute approximate surface area is 110 Å². The van der Waals surface area contributed by atoms with E-state index in [1.165, 1.54) is 0 Å². The first-order valence-electron chi connectivity index (χ1n) is 6.49. The van der Waals surface area contributed by atoms with Gasteiger partial charge >= 0.3 is 5.97 Å². The minimum Gasteiger partial charge on any atom is -0.479 e. The van der Waals surface area contributed by atoms with Crippen molar-refractivity contribution < 1.29 is 9.90 Å². The molecule has 6 nitrogen and oxygen atoms in total. The summed E-state index contributed by atoms with van der Waals surface area (Å²) in [4.78, 5) is 18.1. The molecule has 2 aromatic rings. The zero-order chi connectivity index (χ0) is 13.5. The van der Waals surface area contributed by atoms with Gasteiger partial charge in [0.1, 0.15) is 11.4 Å². The maximum Gasteiger partial charge on any atom is 0.329 e. The van der Waals surface area contributed by atoms with Gasteiger partial charge in [-0.15, -0.1) is 0 Å². The van der Waals surface area contributed by atoms with E-state index >= 15 is 0 Å². The Bertz CT molecular complexity index is 624. The summed E-state index contributed by atoms with van der Waals surface area (Å²) >= 11 is 0. The van der Waals surface area contributed by atoms with Gasteiger partial charge in [-0.3, -0.25) is 0 Å². The number of rotatable bonds is 3. The predicted molar refractivity (Wildman–Crippen MR) is 70.2 cm³/mol. The van der Waals surface area contributed by atoms with Crippen LogP contribution in [0.4, 0.5) is 5.82 Å². The zero-order valence-corrected chi connectivity index (χ0v) is 10.8. The Hall–Kier alpha value is -2.11. The first kappa shape index (κ1) is 12.0. The first-order chi connectivity index (χ1) is 9.17. The lowest BCUT2D eigenvalue weighted by atomic mass is 9.93. The number of carboxylic acids is 1. The highest BCUT2D eigenvalue weighted by molar-refractivity contribution is 5.84. The van der Waals surface area contributed by atoms with E-state index in [-0.39, 0.29) is 0 Å². The Morgan fingerprint density at radius 3 is 3.11 bits per heavy atom. The second-order valence-corrected chi connectivity index (χ2v) is 4.87. The molecule has 1 N–H and O–H groups in total. The summed E-state index contributed by atoms with van der Waals surface area (Å²) in [7, 11) is 0. The highest BCUT2D eigenvalue weighted by Gasteiger charge is 2.46. The normalized spacial score (nSPS) is 23.1. The average molecular weight is 260 g/mol. The molecule has 19 heavy (non-hydrogen) atoms. The Morgan fingerprint density at radius 2 is 2.37 bits per heavy atom. The smallest absolute Gasteiger partial charge is 0.329 e. The van der Waals surface area contributed by atoms with E-state index in [0.29, 0.717) is 12.8 Å². The Balaban J connectivity index is 2.06. The SMILES string of the molecule is CCC1(C(=O)O)CCCN1c1ccn2nccc2n1. The van der Waals surface area contributed by atoms with Crippen LogP contribution in [-0.4, -0.2) is 37.8 Å². The monoisotopic (exact) mass is 260 g/mol. The van der Waals surface area contributed by atoms with Gasteiger partial charge in [0.25, 0.3) is 0 Å². The molecule has 1 aliphatic heterocycles. The lowest BCUT2D eigenvalue weighted by Crippen LogP contribution is -2.50. The number of carboxylic acid groups (broad SMARTS) is 1. The van der Waals surface area contributed by atoms with Crippen LogP contribution in [0.1, 0.15) is 26.2 Å². The third-order valence-electron chi connectivity index (χ3n) is 3.99. The number of aliphatic carboxylic acids is 1. The van der Waals surface area contributed by atoms with Gasteiger partial charge in [-0.05, 0) is 25.3 Å². The molecule has 0 aromatic carbocycles. The van der Waals surface area contributed by atoms with E-state index < -0.39 is 11.5 Å². The van der Waals surface area contributed by atoms with Crippen LogP contribution in [-0.2, 0) is 4.79 Å². The number of nitrogens with zero attached hydrogens (tertiary/aromatic N) is 4. The number of anilines is 1. The molecule has 1 fully saturated rings. The van der Waals surface area contributed by atoms with Gasteiger partial charge < -0.3 is 10.0 Å². The van der Waals surface area contributed by atoms with E-state index in [0.717, 1.165) is 24.4 Å². The molecule has 3 heterocycles. The van der Waals surface area contributed by atoms with Crippen molar-refractivity contribution in [3.8, 4) is 0 Å². The third kappa shape index (κ3) is 1.67. The molecule has 0 radical (unpaired) electrons. The first-order valence-corrected chi connectivity index (χ1v) is 6.49. The minimum atomic E-state index is -0.814. The van der Waals surface area contributed by atoms with Crippen molar-refractivity contribution in [1.82, 2.24) is 14.6 Å². The molecule has 1 aliphatic rings. The number of hydrogen-bond acceptors (Lipinski definition) is 4. The topological polar surface area (TPSA) is 70.7 Å². The second-order valence-electron chi connectivity index (χ2n) is 4.87. The fraction of sp³-hybridized carbons (Fsp3) is 0.462. The van der Waals surface area contributed by atoms with E-state index in [2.05, 4.69) is 10.1 Å². The van der Waals surface area contributed by atoms with Crippen molar-refractivity contribution in [2.75, 3.05) is 11.4 Å². The summed E-state index contributed by atoms with van der Waals surface area (Å²) in [5.74, 6) is -0.0440. The lowest BCUT2D eigenvalue weighted by Gasteiger charge is -2.34. The lowest BCUT2D eigenvalue weighted by molar-refractivity contribution is -0.143. The van der Waals surface area contributed by atoms with Crippen LogP contribution < -0.4 is 4.90 Å². The summed E-state index contributed by atoms with van der Waals surface area (Å²) in [5.41, 5.74) is -0.0782. The summed E-state index contributed by atoms with van der Waals surface area (Å²) in [6.45, 7) is 2.65. The van der Waals surface area contributed by atoms with Gasteiger partial charge in [-0.25, -0.2) is 14.3 Å². The van der Waals surface area contributed by atoms with Crippen LogP contribution in [0.2, 0.25) is 0 Å². The second kappa shape index (κ2) is 4.22. The number of hydrogen-bond donors (Lipinski definition) is 1. The van der Waals surface area contributed by atoms with Crippen LogP contribution in [0.15, 0.2) is 24.5 Å². The van der Waals surface area contributed by atoms with Gasteiger partial charge in [0.05, 0.1) is 6.20 Å². The maximum atomic E-state index is 11.7. The molecule has 3 rings (SSSR count). The van der Waals surface area contributed by atoms with Crippen LogP contribution in [0.3, 0.4) is 0 Å².